The minimum atomic E-state index is -0.0394. The molecule has 0 saturated heterocycles. The Morgan fingerprint density at radius 2 is 2.00 bits per heavy atom. The highest BCUT2D eigenvalue weighted by atomic mass is 16.1. The third-order valence-electron chi connectivity index (χ3n) is 2.37. The average molecular weight is 191 g/mol. The highest BCUT2D eigenvalue weighted by Crippen LogP contribution is 2.04. The van der Waals surface area contributed by atoms with Crippen LogP contribution >= 0.6 is 0 Å². The normalized spacial score (nSPS) is 12.4. The Labute approximate surface area is 85.3 Å². The summed E-state index contributed by atoms with van der Waals surface area (Å²) in [5.41, 5.74) is 1.20. The lowest BCUT2D eigenvalue weighted by atomic mass is 10.0. The zero-order valence-corrected chi connectivity index (χ0v) is 8.79. The van der Waals surface area contributed by atoms with Crippen LogP contribution in [0.4, 0.5) is 0 Å². The minimum absolute atomic E-state index is 0.0394. The van der Waals surface area contributed by atoms with Gasteiger partial charge in [0.25, 0.3) is 0 Å². The third kappa shape index (κ3) is 2.96. The monoisotopic (exact) mass is 191 g/mol. The van der Waals surface area contributed by atoms with Crippen molar-refractivity contribution in [2.75, 3.05) is 7.05 Å². The Bertz CT molecular complexity index is 282. The van der Waals surface area contributed by atoms with E-state index in [-0.39, 0.29) is 11.8 Å². The number of ketones is 1. The van der Waals surface area contributed by atoms with Crippen molar-refractivity contribution in [3.05, 3.63) is 35.9 Å². The summed E-state index contributed by atoms with van der Waals surface area (Å²) in [7, 11) is 1.83. The van der Waals surface area contributed by atoms with Crippen molar-refractivity contribution in [3.8, 4) is 0 Å². The molecule has 76 valence electrons. The fourth-order valence-corrected chi connectivity index (χ4v) is 1.47. The van der Waals surface area contributed by atoms with Crippen molar-refractivity contribution in [1.29, 1.82) is 0 Å². The van der Waals surface area contributed by atoms with Gasteiger partial charge < -0.3 is 5.32 Å². The van der Waals surface area contributed by atoms with Gasteiger partial charge in [-0.25, -0.2) is 0 Å². The maximum absolute atomic E-state index is 11.5. The van der Waals surface area contributed by atoms with E-state index in [1.807, 2.05) is 44.3 Å². The second kappa shape index (κ2) is 5.55. The molecule has 0 unspecified atom stereocenters. The largest absolute Gasteiger partial charge is 0.310 e. The minimum Gasteiger partial charge on any atom is -0.310 e. The standard InChI is InChI=1S/C12H17NO/c1-3-12(14)11(13-2)9-10-7-5-4-6-8-10/h4-8,11,13H,3,9H2,1-2H3/t11-/m0/s1. The molecule has 0 saturated carbocycles. The Hall–Kier alpha value is -1.15. The number of carbonyl (C=O) groups excluding carboxylic acids is 1. The lowest BCUT2D eigenvalue weighted by molar-refractivity contribution is -0.120. The molecule has 1 aromatic carbocycles. The molecule has 0 radical (unpaired) electrons. The first-order chi connectivity index (χ1) is 6.77. The molecule has 14 heavy (non-hydrogen) atoms. The molecule has 1 aromatic rings. The maximum atomic E-state index is 11.5. The lowest BCUT2D eigenvalue weighted by Crippen LogP contribution is -2.35. The van der Waals surface area contributed by atoms with Crippen molar-refractivity contribution in [3.63, 3.8) is 0 Å². The predicted molar refractivity (Wildman–Crippen MR) is 58.3 cm³/mol. The summed E-state index contributed by atoms with van der Waals surface area (Å²) in [6.45, 7) is 1.90. The Balaban J connectivity index is 2.62. The van der Waals surface area contributed by atoms with E-state index >= 15 is 0 Å². The second-order valence-electron chi connectivity index (χ2n) is 3.35. The molecule has 0 bridgehead atoms. The average Bonchev–Trinajstić information content (AvgIpc) is 2.26. The molecule has 1 atom stereocenters. The van der Waals surface area contributed by atoms with Crippen LogP contribution in [0.25, 0.3) is 0 Å². The SMILES string of the molecule is CCC(=O)[C@H](Cc1ccccc1)NC. The fraction of sp³-hybridized carbons (Fsp3) is 0.417. The van der Waals surface area contributed by atoms with E-state index in [1.54, 1.807) is 0 Å². The number of Topliss-reactive ketones (excluding diaryl/α,β-unsaturated/α-hetero) is 1. The van der Waals surface area contributed by atoms with E-state index in [0.717, 1.165) is 6.42 Å². The number of hydrogen-bond donors (Lipinski definition) is 1. The summed E-state index contributed by atoms with van der Waals surface area (Å²) in [4.78, 5) is 11.5. The topological polar surface area (TPSA) is 29.1 Å². The molecule has 0 aliphatic heterocycles. The molecule has 1 rings (SSSR count). The van der Waals surface area contributed by atoms with Crippen molar-refractivity contribution in [1.82, 2.24) is 5.32 Å². The van der Waals surface area contributed by atoms with Gasteiger partial charge in [0.1, 0.15) is 5.78 Å². The van der Waals surface area contributed by atoms with Crippen molar-refractivity contribution in [2.24, 2.45) is 0 Å². The molecule has 0 aliphatic rings. The molecule has 0 amide bonds. The van der Waals surface area contributed by atoms with Gasteiger partial charge in [0.05, 0.1) is 6.04 Å². The van der Waals surface area contributed by atoms with E-state index in [4.69, 9.17) is 0 Å². The van der Waals surface area contributed by atoms with Gasteiger partial charge in [0.2, 0.25) is 0 Å². The summed E-state index contributed by atoms with van der Waals surface area (Å²) in [5.74, 6) is 0.274. The Morgan fingerprint density at radius 3 is 2.50 bits per heavy atom. The first kappa shape index (κ1) is 10.9. The molecular weight excluding hydrogens is 174 g/mol. The van der Waals surface area contributed by atoms with Crippen LogP contribution < -0.4 is 5.32 Å². The van der Waals surface area contributed by atoms with E-state index in [1.165, 1.54) is 5.56 Å². The van der Waals surface area contributed by atoms with Crippen LogP contribution in [-0.4, -0.2) is 18.9 Å². The van der Waals surface area contributed by atoms with E-state index in [0.29, 0.717) is 6.42 Å². The van der Waals surface area contributed by atoms with Gasteiger partial charge in [-0.3, -0.25) is 4.79 Å². The summed E-state index contributed by atoms with van der Waals surface area (Å²) >= 11 is 0. The second-order valence-corrected chi connectivity index (χ2v) is 3.35. The smallest absolute Gasteiger partial charge is 0.149 e. The van der Waals surface area contributed by atoms with Crippen molar-refractivity contribution < 1.29 is 4.79 Å². The first-order valence-electron chi connectivity index (χ1n) is 5.01. The maximum Gasteiger partial charge on any atom is 0.149 e. The van der Waals surface area contributed by atoms with E-state index < -0.39 is 0 Å². The van der Waals surface area contributed by atoms with Crippen molar-refractivity contribution in [2.45, 2.75) is 25.8 Å². The number of benzene rings is 1. The fourth-order valence-electron chi connectivity index (χ4n) is 1.47. The number of nitrogens with one attached hydrogen (secondary N) is 1. The molecule has 0 spiro atoms. The van der Waals surface area contributed by atoms with Gasteiger partial charge in [-0.15, -0.1) is 0 Å². The number of rotatable bonds is 5. The van der Waals surface area contributed by atoms with E-state index in [9.17, 15) is 4.79 Å². The van der Waals surface area contributed by atoms with Crippen LogP contribution in [0, 0.1) is 0 Å². The molecule has 2 heteroatoms. The zero-order chi connectivity index (χ0) is 10.4. The highest BCUT2D eigenvalue weighted by molar-refractivity contribution is 5.83. The van der Waals surface area contributed by atoms with Crippen molar-refractivity contribution >= 4 is 5.78 Å². The summed E-state index contributed by atoms with van der Waals surface area (Å²) < 4.78 is 0. The Kier molecular flexibility index (Phi) is 4.33. The quantitative estimate of drug-likeness (QED) is 0.769. The predicted octanol–water partition coefficient (Wildman–Crippen LogP) is 1.80. The van der Waals surface area contributed by atoms with Gasteiger partial charge in [-0.05, 0) is 19.0 Å². The number of likely N-dealkylation sites (N-methyl/N-ethyl adjacent to an activating group) is 1. The molecule has 2 nitrogen and oxygen atoms in total. The van der Waals surface area contributed by atoms with Gasteiger partial charge in [0.15, 0.2) is 0 Å². The Morgan fingerprint density at radius 1 is 1.36 bits per heavy atom. The first-order valence-corrected chi connectivity index (χ1v) is 5.01. The van der Waals surface area contributed by atoms with Crippen LogP contribution in [-0.2, 0) is 11.2 Å². The summed E-state index contributed by atoms with van der Waals surface area (Å²) in [6.07, 6.45) is 1.38. The van der Waals surface area contributed by atoms with Crippen LogP contribution in [0.3, 0.4) is 0 Å². The molecule has 0 aromatic heterocycles. The van der Waals surface area contributed by atoms with Gasteiger partial charge in [-0.1, -0.05) is 37.3 Å². The zero-order valence-electron chi connectivity index (χ0n) is 8.79. The van der Waals surface area contributed by atoms with Crippen LogP contribution in [0.5, 0.6) is 0 Å². The van der Waals surface area contributed by atoms with Gasteiger partial charge >= 0.3 is 0 Å². The summed E-state index contributed by atoms with van der Waals surface area (Å²) in [5, 5.41) is 3.05. The number of hydrogen-bond acceptors (Lipinski definition) is 2. The van der Waals surface area contributed by atoms with E-state index in [2.05, 4.69) is 5.32 Å². The number of carbonyl (C=O) groups is 1. The van der Waals surface area contributed by atoms with Crippen LogP contribution in [0.2, 0.25) is 0 Å². The molecule has 1 N–H and O–H groups in total. The molecule has 0 heterocycles. The summed E-state index contributed by atoms with van der Waals surface area (Å²) in [6, 6.07) is 10.0. The van der Waals surface area contributed by atoms with Crippen LogP contribution in [0.1, 0.15) is 18.9 Å². The molecule has 0 fully saturated rings. The third-order valence-corrected chi connectivity index (χ3v) is 2.37. The highest BCUT2D eigenvalue weighted by Gasteiger charge is 2.13. The lowest BCUT2D eigenvalue weighted by Gasteiger charge is -2.13. The van der Waals surface area contributed by atoms with Crippen LogP contribution in [0.15, 0.2) is 30.3 Å². The van der Waals surface area contributed by atoms with Gasteiger partial charge in [0, 0.05) is 6.42 Å². The molecule has 0 aliphatic carbocycles. The molecular formula is C12H17NO. The van der Waals surface area contributed by atoms with Gasteiger partial charge in [-0.2, -0.15) is 0 Å².